The van der Waals surface area contributed by atoms with Crippen molar-refractivity contribution in [3.63, 3.8) is 0 Å². The summed E-state index contributed by atoms with van der Waals surface area (Å²) in [7, 11) is 2.15. The Hall–Kier alpha value is -0.120. The second kappa shape index (κ2) is 2.44. The SMILES string of the molecule is CC1N(C)CCOC12COC2. The Labute approximate surface area is 67.3 Å². The molecular weight excluding hydrogens is 142 g/mol. The van der Waals surface area contributed by atoms with Crippen molar-refractivity contribution < 1.29 is 9.47 Å². The van der Waals surface area contributed by atoms with Crippen LogP contribution >= 0.6 is 0 Å². The molecule has 2 aliphatic heterocycles. The average molecular weight is 157 g/mol. The van der Waals surface area contributed by atoms with Gasteiger partial charge < -0.3 is 9.47 Å². The molecule has 0 aromatic heterocycles. The van der Waals surface area contributed by atoms with Crippen molar-refractivity contribution in [1.29, 1.82) is 0 Å². The van der Waals surface area contributed by atoms with Gasteiger partial charge in [0.15, 0.2) is 0 Å². The first kappa shape index (κ1) is 7.53. The van der Waals surface area contributed by atoms with E-state index in [1.54, 1.807) is 0 Å². The summed E-state index contributed by atoms with van der Waals surface area (Å²) in [6.45, 7) is 5.66. The molecule has 1 unspecified atom stereocenters. The molecule has 3 nitrogen and oxygen atoms in total. The van der Waals surface area contributed by atoms with E-state index >= 15 is 0 Å². The summed E-state index contributed by atoms with van der Waals surface area (Å²) in [6, 6.07) is 0.505. The third-order valence-electron chi connectivity index (χ3n) is 2.95. The van der Waals surface area contributed by atoms with Crippen LogP contribution in [-0.2, 0) is 9.47 Å². The standard InChI is InChI=1S/C8H15NO2/c1-7-8(5-10-6-8)11-4-3-9(7)2/h7H,3-6H2,1-2H3. The molecule has 1 spiro atoms. The second-order valence-electron chi connectivity index (χ2n) is 3.56. The van der Waals surface area contributed by atoms with Crippen LogP contribution in [0.25, 0.3) is 0 Å². The van der Waals surface area contributed by atoms with Gasteiger partial charge in [-0.05, 0) is 14.0 Å². The number of likely N-dealkylation sites (N-methyl/N-ethyl adjacent to an activating group) is 1. The van der Waals surface area contributed by atoms with Crippen molar-refractivity contribution in [2.75, 3.05) is 33.4 Å². The lowest BCUT2D eigenvalue weighted by Gasteiger charge is -2.51. The molecule has 0 radical (unpaired) electrons. The van der Waals surface area contributed by atoms with Gasteiger partial charge in [0.25, 0.3) is 0 Å². The van der Waals surface area contributed by atoms with Crippen LogP contribution in [0, 0.1) is 0 Å². The number of rotatable bonds is 0. The molecule has 2 aliphatic rings. The van der Waals surface area contributed by atoms with Gasteiger partial charge in [-0.1, -0.05) is 0 Å². The largest absolute Gasteiger partial charge is 0.375 e. The van der Waals surface area contributed by atoms with E-state index in [0.717, 1.165) is 26.4 Å². The van der Waals surface area contributed by atoms with E-state index < -0.39 is 0 Å². The zero-order valence-electron chi connectivity index (χ0n) is 7.17. The molecule has 0 bridgehead atoms. The summed E-state index contributed by atoms with van der Waals surface area (Å²) in [5.74, 6) is 0. The van der Waals surface area contributed by atoms with Crippen molar-refractivity contribution >= 4 is 0 Å². The predicted molar refractivity (Wildman–Crippen MR) is 41.6 cm³/mol. The fraction of sp³-hybridized carbons (Fsp3) is 1.00. The Kier molecular flexibility index (Phi) is 1.67. The third-order valence-corrected chi connectivity index (χ3v) is 2.95. The first-order valence-electron chi connectivity index (χ1n) is 4.16. The lowest BCUT2D eigenvalue weighted by atomic mass is 9.91. The molecule has 0 aliphatic carbocycles. The van der Waals surface area contributed by atoms with Crippen LogP contribution in [0.1, 0.15) is 6.92 Å². The van der Waals surface area contributed by atoms with Gasteiger partial charge >= 0.3 is 0 Å². The lowest BCUT2D eigenvalue weighted by Crippen LogP contribution is -2.67. The fourth-order valence-corrected chi connectivity index (χ4v) is 1.74. The van der Waals surface area contributed by atoms with Gasteiger partial charge in [0.1, 0.15) is 5.60 Å². The maximum atomic E-state index is 5.72. The molecule has 0 saturated carbocycles. The van der Waals surface area contributed by atoms with Crippen molar-refractivity contribution in [2.45, 2.75) is 18.6 Å². The van der Waals surface area contributed by atoms with E-state index in [9.17, 15) is 0 Å². The Bertz CT molecular complexity index is 156. The fourth-order valence-electron chi connectivity index (χ4n) is 1.74. The molecule has 2 fully saturated rings. The quantitative estimate of drug-likeness (QED) is 0.498. The first-order chi connectivity index (χ1) is 5.25. The highest BCUT2D eigenvalue weighted by molar-refractivity contribution is 4.99. The van der Waals surface area contributed by atoms with E-state index in [4.69, 9.17) is 9.47 Å². The summed E-state index contributed by atoms with van der Waals surface area (Å²) in [6.07, 6.45) is 0. The molecule has 1 atom stereocenters. The van der Waals surface area contributed by atoms with Crippen molar-refractivity contribution in [3.8, 4) is 0 Å². The van der Waals surface area contributed by atoms with E-state index in [1.807, 2.05) is 0 Å². The van der Waals surface area contributed by atoms with Crippen molar-refractivity contribution in [1.82, 2.24) is 4.90 Å². The highest BCUT2D eigenvalue weighted by Crippen LogP contribution is 2.31. The number of nitrogens with zero attached hydrogens (tertiary/aromatic N) is 1. The van der Waals surface area contributed by atoms with Gasteiger partial charge in [-0.3, -0.25) is 4.90 Å². The lowest BCUT2D eigenvalue weighted by molar-refractivity contribution is -0.256. The Morgan fingerprint density at radius 1 is 1.45 bits per heavy atom. The van der Waals surface area contributed by atoms with Gasteiger partial charge in [0, 0.05) is 12.6 Å². The minimum Gasteiger partial charge on any atom is -0.375 e. The first-order valence-corrected chi connectivity index (χ1v) is 4.16. The maximum Gasteiger partial charge on any atom is 0.130 e. The number of hydrogen-bond donors (Lipinski definition) is 0. The highest BCUT2D eigenvalue weighted by atomic mass is 16.6. The van der Waals surface area contributed by atoms with E-state index in [-0.39, 0.29) is 5.60 Å². The van der Waals surface area contributed by atoms with Crippen molar-refractivity contribution in [2.24, 2.45) is 0 Å². The van der Waals surface area contributed by atoms with Gasteiger partial charge in [0.2, 0.25) is 0 Å². The van der Waals surface area contributed by atoms with Gasteiger partial charge in [-0.25, -0.2) is 0 Å². The molecule has 0 aromatic carbocycles. The molecule has 2 rings (SSSR count). The maximum absolute atomic E-state index is 5.72. The molecule has 0 aromatic rings. The zero-order chi connectivity index (χ0) is 7.90. The van der Waals surface area contributed by atoms with Crippen LogP contribution < -0.4 is 0 Å². The summed E-state index contributed by atoms with van der Waals surface area (Å²) in [5.41, 5.74) is 0.0347. The van der Waals surface area contributed by atoms with Gasteiger partial charge in [-0.15, -0.1) is 0 Å². The van der Waals surface area contributed by atoms with Gasteiger partial charge in [0.05, 0.1) is 19.8 Å². The van der Waals surface area contributed by atoms with E-state index in [1.165, 1.54) is 0 Å². The monoisotopic (exact) mass is 157 g/mol. The summed E-state index contributed by atoms with van der Waals surface area (Å²) >= 11 is 0. The molecule has 2 saturated heterocycles. The Morgan fingerprint density at radius 3 is 2.64 bits per heavy atom. The number of morpholine rings is 1. The molecule has 11 heavy (non-hydrogen) atoms. The topological polar surface area (TPSA) is 21.7 Å². The highest BCUT2D eigenvalue weighted by Gasteiger charge is 2.48. The van der Waals surface area contributed by atoms with Crippen LogP contribution in [-0.4, -0.2) is 50.0 Å². The molecule has 3 heteroatoms. The van der Waals surface area contributed by atoms with Gasteiger partial charge in [-0.2, -0.15) is 0 Å². The van der Waals surface area contributed by atoms with Crippen LogP contribution in [0.4, 0.5) is 0 Å². The Morgan fingerprint density at radius 2 is 2.18 bits per heavy atom. The minimum absolute atomic E-state index is 0.0347. The normalized spacial score (nSPS) is 37.1. The minimum atomic E-state index is 0.0347. The molecule has 0 N–H and O–H groups in total. The summed E-state index contributed by atoms with van der Waals surface area (Å²) < 4.78 is 10.9. The third kappa shape index (κ3) is 0.991. The second-order valence-corrected chi connectivity index (χ2v) is 3.56. The number of ether oxygens (including phenoxy) is 2. The molecule has 64 valence electrons. The smallest absolute Gasteiger partial charge is 0.130 e. The molecule has 0 amide bonds. The van der Waals surface area contributed by atoms with Crippen molar-refractivity contribution in [3.05, 3.63) is 0 Å². The molecular formula is C8H15NO2. The summed E-state index contributed by atoms with van der Waals surface area (Å²) in [5, 5.41) is 0. The van der Waals surface area contributed by atoms with E-state index in [0.29, 0.717) is 6.04 Å². The Balaban J connectivity index is 2.07. The van der Waals surface area contributed by atoms with Crippen LogP contribution in [0.2, 0.25) is 0 Å². The average Bonchev–Trinajstić information content (AvgIpc) is 1.91. The van der Waals surface area contributed by atoms with Crippen LogP contribution in [0.3, 0.4) is 0 Å². The van der Waals surface area contributed by atoms with Crippen LogP contribution in [0.15, 0.2) is 0 Å². The van der Waals surface area contributed by atoms with E-state index in [2.05, 4.69) is 18.9 Å². The van der Waals surface area contributed by atoms with Crippen LogP contribution in [0.5, 0.6) is 0 Å². The summed E-state index contributed by atoms with van der Waals surface area (Å²) in [4.78, 5) is 2.34. The zero-order valence-corrected chi connectivity index (χ0v) is 7.17. The number of hydrogen-bond acceptors (Lipinski definition) is 3. The predicted octanol–water partition coefficient (Wildman–Crippen LogP) is 0.106. The molecule has 2 heterocycles.